The van der Waals surface area contributed by atoms with Crippen LogP contribution >= 0.6 is 22.7 Å². The summed E-state index contributed by atoms with van der Waals surface area (Å²) < 4.78 is 26.3. The first kappa shape index (κ1) is 18.5. The Morgan fingerprint density at radius 2 is 2.07 bits per heavy atom. The molecular formula is C17H18N4O3S3. The van der Waals surface area contributed by atoms with E-state index in [4.69, 9.17) is 0 Å². The van der Waals surface area contributed by atoms with Crippen LogP contribution in [0.1, 0.15) is 19.3 Å². The number of para-hydroxylation sites is 1. The number of nitrogens with zero attached hydrogens (tertiary/aromatic N) is 3. The summed E-state index contributed by atoms with van der Waals surface area (Å²) in [5, 5.41) is 5.87. The number of carbonyl (C=O) groups excluding carboxylic acids is 1. The van der Waals surface area contributed by atoms with Gasteiger partial charge in [0.15, 0.2) is 5.13 Å². The molecule has 1 N–H and O–H groups in total. The zero-order chi connectivity index (χ0) is 19.0. The van der Waals surface area contributed by atoms with Crippen LogP contribution < -0.4 is 5.32 Å². The number of benzene rings is 1. The Morgan fingerprint density at radius 3 is 2.85 bits per heavy atom. The lowest BCUT2D eigenvalue weighted by Crippen LogP contribution is -2.49. The van der Waals surface area contributed by atoms with E-state index in [0.717, 1.165) is 34.3 Å². The average molecular weight is 423 g/mol. The molecule has 10 heteroatoms. The first-order chi connectivity index (χ1) is 12.9. The van der Waals surface area contributed by atoms with Crippen LogP contribution in [0.2, 0.25) is 0 Å². The number of carbonyl (C=O) groups is 1. The van der Waals surface area contributed by atoms with Crippen molar-refractivity contribution in [2.75, 3.05) is 18.1 Å². The predicted octanol–water partition coefficient (Wildman–Crippen LogP) is 3.17. The van der Waals surface area contributed by atoms with Crippen LogP contribution in [0.25, 0.3) is 20.9 Å². The van der Waals surface area contributed by atoms with Gasteiger partial charge in [0.2, 0.25) is 15.9 Å². The maximum Gasteiger partial charge on any atom is 0.244 e. The highest BCUT2D eigenvalue weighted by Gasteiger charge is 2.34. The number of nitrogens with one attached hydrogen (secondary N) is 1. The van der Waals surface area contributed by atoms with Crippen molar-refractivity contribution in [2.24, 2.45) is 0 Å². The summed E-state index contributed by atoms with van der Waals surface area (Å²) in [5.41, 5.74) is 1.63. The Hall–Kier alpha value is -1.88. The minimum absolute atomic E-state index is 0.328. The molecule has 0 unspecified atom stereocenters. The van der Waals surface area contributed by atoms with Gasteiger partial charge < -0.3 is 5.32 Å². The van der Waals surface area contributed by atoms with E-state index in [2.05, 4.69) is 15.3 Å². The second kappa shape index (κ2) is 7.27. The zero-order valence-electron chi connectivity index (χ0n) is 14.6. The van der Waals surface area contributed by atoms with Crippen molar-refractivity contribution in [3.05, 3.63) is 29.6 Å². The standard InChI is InChI=1S/C17H18N4O3S3/c1-27(23,24)21-9-5-4-7-13(21)15(22)20-17-19-12(10-25-17)16-18-11-6-2-3-8-14(11)26-16/h2-3,6,8,10,13H,4-5,7,9H2,1H3,(H,19,20,22)/t13-/m1/s1. The molecule has 1 fully saturated rings. The zero-order valence-corrected chi connectivity index (χ0v) is 17.0. The van der Waals surface area contributed by atoms with Gasteiger partial charge >= 0.3 is 0 Å². The molecule has 3 heterocycles. The van der Waals surface area contributed by atoms with Crippen molar-refractivity contribution in [3.8, 4) is 10.7 Å². The number of anilines is 1. The Labute approximate surface area is 165 Å². The van der Waals surface area contributed by atoms with E-state index in [1.807, 2.05) is 29.6 Å². The molecule has 7 nitrogen and oxygen atoms in total. The molecule has 1 amide bonds. The first-order valence-corrected chi connectivity index (χ1v) is 12.1. The molecule has 1 aromatic carbocycles. The van der Waals surface area contributed by atoms with Crippen molar-refractivity contribution in [2.45, 2.75) is 25.3 Å². The molecule has 0 spiro atoms. The molecule has 27 heavy (non-hydrogen) atoms. The van der Waals surface area contributed by atoms with E-state index in [9.17, 15) is 13.2 Å². The summed E-state index contributed by atoms with van der Waals surface area (Å²) in [6, 6.07) is 7.19. The fourth-order valence-corrected chi connectivity index (χ4v) is 5.99. The Morgan fingerprint density at radius 1 is 1.26 bits per heavy atom. The summed E-state index contributed by atoms with van der Waals surface area (Å²) in [6.45, 7) is 0.381. The minimum Gasteiger partial charge on any atom is -0.301 e. The summed E-state index contributed by atoms with van der Waals surface area (Å²) >= 11 is 2.86. The molecule has 2 aromatic heterocycles. The van der Waals surface area contributed by atoms with Gasteiger partial charge in [-0.25, -0.2) is 18.4 Å². The molecule has 1 atom stereocenters. The Bertz CT molecular complexity index is 1060. The summed E-state index contributed by atoms with van der Waals surface area (Å²) in [6.07, 6.45) is 3.27. The molecule has 1 aliphatic heterocycles. The number of fused-ring (bicyclic) bond motifs is 1. The quantitative estimate of drug-likeness (QED) is 0.697. The van der Waals surface area contributed by atoms with Crippen LogP contribution in [-0.4, -0.2) is 47.4 Å². The SMILES string of the molecule is CS(=O)(=O)N1CCCC[C@@H]1C(=O)Nc1nc(-c2nc3ccccc3s2)cs1. The minimum atomic E-state index is -3.42. The van der Waals surface area contributed by atoms with E-state index in [0.29, 0.717) is 23.8 Å². The van der Waals surface area contributed by atoms with Crippen LogP contribution in [0.4, 0.5) is 5.13 Å². The average Bonchev–Trinajstić information content (AvgIpc) is 3.27. The number of hydrogen-bond donors (Lipinski definition) is 1. The molecule has 1 aliphatic rings. The lowest BCUT2D eigenvalue weighted by molar-refractivity contribution is -0.120. The molecule has 0 saturated carbocycles. The lowest BCUT2D eigenvalue weighted by Gasteiger charge is -2.32. The van der Waals surface area contributed by atoms with Crippen molar-refractivity contribution >= 4 is 54.0 Å². The van der Waals surface area contributed by atoms with Gasteiger partial charge in [0, 0.05) is 11.9 Å². The van der Waals surface area contributed by atoms with Gasteiger partial charge in [-0.05, 0) is 25.0 Å². The molecule has 3 aromatic rings. The third kappa shape index (κ3) is 3.88. The second-order valence-electron chi connectivity index (χ2n) is 6.40. The number of sulfonamides is 1. The molecule has 4 rings (SSSR count). The third-order valence-electron chi connectivity index (χ3n) is 4.43. The van der Waals surface area contributed by atoms with E-state index < -0.39 is 16.1 Å². The molecule has 0 radical (unpaired) electrons. The van der Waals surface area contributed by atoms with Gasteiger partial charge in [-0.15, -0.1) is 22.7 Å². The Balaban J connectivity index is 1.52. The molecular weight excluding hydrogens is 404 g/mol. The van der Waals surface area contributed by atoms with Gasteiger partial charge in [-0.2, -0.15) is 4.31 Å². The number of amides is 1. The smallest absolute Gasteiger partial charge is 0.244 e. The van der Waals surface area contributed by atoms with Crippen LogP contribution in [0.15, 0.2) is 29.6 Å². The molecule has 1 saturated heterocycles. The van der Waals surface area contributed by atoms with Gasteiger partial charge in [-0.3, -0.25) is 4.79 Å². The van der Waals surface area contributed by atoms with Crippen LogP contribution in [0.3, 0.4) is 0 Å². The fourth-order valence-electron chi connectivity index (χ4n) is 3.16. The number of thiazole rings is 2. The van der Waals surface area contributed by atoms with E-state index in [-0.39, 0.29) is 5.91 Å². The lowest BCUT2D eigenvalue weighted by atomic mass is 10.0. The second-order valence-corrected chi connectivity index (χ2v) is 10.2. The van der Waals surface area contributed by atoms with Crippen LogP contribution in [0.5, 0.6) is 0 Å². The van der Waals surface area contributed by atoms with Gasteiger partial charge in [0.05, 0.1) is 16.5 Å². The van der Waals surface area contributed by atoms with Crippen LogP contribution in [0, 0.1) is 0 Å². The van der Waals surface area contributed by atoms with Crippen LogP contribution in [-0.2, 0) is 14.8 Å². The topological polar surface area (TPSA) is 92.3 Å². The normalized spacial score (nSPS) is 18.6. The van der Waals surface area contributed by atoms with E-state index in [1.165, 1.54) is 15.6 Å². The summed E-state index contributed by atoms with van der Waals surface area (Å²) in [5.74, 6) is -0.328. The maximum atomic E-state index is 12.6. The largest absolute Gasteiger partial charge is 0.301 e. The highest BCUT2D eigenvalue weighted by Crippen LogP contribution is 2.32. The van der Waals surface area contributed by atoms with Gasteiger partial charge in [0.25, 0.3) is 0 Å². The van der Waals surface area contributed by atoms with Crippen molar-refractivity contribution in [1.29, 1.82) is 0 Å². The first-order valence-electron chi connectivity index (χ1n) is 8.51. The fraction of sp³-hybridized carbons (Fsp3) is 0.353. The Kier molecular flexibility index (Phi) is 4.97. The molecule has 142 valence electrons. The number of aromatic nitrogens is 2. The van der Waals surface area contributed by atoms with E-state index >= 15 is 0 Å². The summed E-state index contributed by atoms with van der Waals surface area (Å²) in [4.78, 5) is 21.7. The third-order valence-corrected chi connectivity index (χ3v) is 7.54. The monoisotopic (exact) mass is 422 g/mol. The van der Waals surface area contributed by atoms with Crippen molar-refractivity contribution in [3.63, 3.8) is 0 Å². The summed E-state index contributed by atoms with van der Waals surface area (Å²) in [7, 11) is -3.42. The van der Waals surface area contributed by atoms with Gasteiger partial charge in [-0.1, -0.05) is 18.6 Å². The highest BCUT2D eigenvalue weighted by molar-refractivity contribution is 7.88. The molecule has 0 aliphatic carbocycles. The number of piperidine rings is 1. The van der Waals surface area contributed by atoms with E-state index in [1.54, 1.807) is 11.3 Å². The molecule has 0 bridgehead atoms. The number of rotatable bonds is 4. The van der Waals surface area contributed by atoms with Gasteiger partial charge in [0.1, 0.15) is 16.7 Å². The highest BCUT2D eigenvalue weighted by atomic mass is 32.2. The maximum absolute atomic E-state index is 12.6. The van der Waals surface area contributed by atoms with Crippen molar-refractivity contribution < 1.29 is 13.2 Å². The van der Waals surface area contributed by atoms with Crippen molar-refractivity contribution in [1.82, 2.24) is 14.3 Å². The predicted molar refractivity (Wildman–Crippen MR) is 109 cm³/mol. The number of hydrogen-bond acceptors (Lipinski definition) is 7.